The average molecular weight is 851 g/mol. The van der Waals surface area contributed by atoms with Crippen molar-refractivity contribution in [3.05, 3.63) is 206 Å². The molecule has 0 bridgehead atoms. The molecule has 9 aromatic carbocycles. The van der Waals surface area contributed by atoms with Crippen molar-refractivity contribution in [3.63, 3.8) is 0 Å². The van der Waals surface area contributed by atoms with Gasteiger partial charge in [-0.05, 0) is 103 Å². The molecule has 0 aliphatic carbocycles. The number of anilines is 6. The Bertz CT molecular complexity index is 3400. The van der Waals surface area contributed by atoms with E-state index >= 15 is 17.6 Å². The quantitative estimate of drug-likeness (QED) is 0.129. The van der Waals surface area contributed by atoms with Crippen LogP contribution in [0.25, 0.3) is 33.4 Å². The van der Waals surface area contributed by atoms with E-state index in [0.717, 1.165) is 106 Å². The minimum atomic E-state index is -4.84. The number of hydrogen-bond acceptors (Lipinski definition) is 3. The highest BCUT2D eigenvalue weighted by Crippen LogP contribution is 2.51. The molecular formula is C55H32B2F4N2S. The van der Waals surface area contributed by atoms with E-state index in [1.54, 1.807) is 16.7 Å². The molecule has 0 atom stereocenters. The summed E-state index contributed by atoms with van der Waals surface area (Å²) >= 11 is 1.63. The minimum absolute atomic E-state index is 0.182. The predicted octanol–water partition coefficient (Wildman–Crippen LogP) is 11.2. The van der Waals surface area contributed by atoms with Gasteiger partial charge in [0.15, 0.2) is 0 Å². The van der Waals surface area contributed by atoms with Gasteiger partial charge in [0, 0.05) is 38.2 Å². The van der Waals surface area contributed by atoms with Gasteiger partial charge in [-0.15, -0.1) is 0 Å². The monoisotopic (exact) mass is 850 g/mol. The number of alkyl halides is 3. The third kappa shape index (κ3) is 5.43. The molecular weight excluding hydrogens is 818 g/mol. The lowest BCUT2D eigenvalue weighted by molar-refractivity contribution is -0.137. The lowest BCUT2D eigenvalue weighted by atomic mass is 9.29. The van der Waals surface area contributed by atoms with Crippen molar-refractivity contribution in [1.82, 2.24) is 0 Å². The van der Waals surface area contributed by atoms with E-state index < -0.39 is 30.0 Å². The van der Waals surface area contributed by atoms with E-state index in [1.165, 1.54) is 5.46 Å². The summed E-state index contributed by atoms with van der Waals surface area (Å²) in [6, 6.07) is 63.7. The second-order valence-electron chi connectivity index (χ2n) is 16.8. The molecule has 0 radical (unpaired) electrons. The summed E-state index contributed by atoms with van der Waals surface area (Å²) < 4.78 is 62.8. The van der Waals surface area contributed by atoms with Crippen LogP contribution < -0.4 is 42.6 Å². The summed E-state index contributed by atoms with van der Waals surface area (Å²) in [5, 5.41) is 0. The van der Waals surface area contributed by atoms with Crippen LogP contribution in [0.3, 0.4) is 0 Å². The number of hydrogen-bond donors (Lipinski definition) is 0. The summed E-state index contributed by atoms with van der Waals surface area (Å²) in [5.41, 5.74) is 14.7. The van der Waals surface area contributed by atoms with Gasteiger partial charge < -0.3 is 9.80 Å². The maximum Gasteiger partial charge on any atom is 0.418 e. The maximum absolute atomic E-state index is 16.8. The first-order valence-corrected chi connectivity index (χ1v) is 22.1. The molecule has 4 aliphatic rings. The molecule has 9 heteroatoms. The van der Waals surface area contributed by atoms with Crippen LogP contribution in [0, 0.1) is 5.82 Å². The van der Waals surface area contributed by atoms with Gasteiger partial charge in [-0.25, -0.2) is 4.39 Å². The van der Waals surface area contributed by atoms with Crippen LogP contribution in [0.5, 0.6) is 0 Å². The van der Waals surface area contributed by atoms with Crippen molar-refractivity contribution < 1.29 is 17.6 Å². The molecule has 9 aromatic rings. The van der Waals surface area contributed by atoms with Crippen LogP contribution in [0.1, 0.15) is 5.56 Å². The van der Waals surface area contributed by atoms with E-state index in [0.29, 0.717) is 11.4 Å². The molecule has 0 aromatic heterocycles. The number of nitrogens with zero attached hydrogens (tertiary/aromatic N) is 2. The minimum Gasteiger partial charge on any atom is -0.312 e. The summed E-state index contributed by atoms with van der Waals surface area (Å²) in [6.45, 7) is -0.604. The molecule has 0 spiro atoms. The number of rotatable bonds is 4. The van der Waals surface area contributed by atoms with Gasteiger partial charge in [0.2, 0.25) is 6.71 Å². The standard InChI is InChI=1S/C55H32B2F4N2S/c58-44-21-12-19-39(55(59,60)61)53(44)63-47-28-25-38(35-17-8-3-9-18-35)31-43(47)57-42-30-37(34-15-6-2-7-16-34)24-27-46(42)62-45-26-23-36(33-13-4-1-5-14-33)29-41(45)56-40-20-10-11-22-49(40)64-50-32-48(63)51(57)54(62)52(50)56/h1-32H. The first kappa shape index (κ1) is 37.3. The van der Waals surface area contributed by atoms with Crippen molar-refractivity contribution in [1.29, 1.82) is 0 Å². The molecule has 0 fully saturated rings. The predicted molar refractivity (Wildman–Crippen MR) is 257 cm³/mol. The van der Waals surface area contributed by atoms with Gasteiger partial charge in [0.05, 0.1) is 11.3 Å². The van der Waals surface area contributed by atoms with E-state index in [2.05, 4.69) is 102 Å². The Balaban J connectivity index is 1.18. The molecule has 0 N–H and O–H groups in total. The van der Waals surface area contributed by atoms with Crippen molar-refractivity contribution in [3.8, 4) is 33.4 Å². The molecule has 64 heavy (non-hydrogen) atoms. The highest BCUT2D eigenvalue weighted by Gasteiger charge is 2.51. The Morgan fingerprint density at radius 1 is 0.375 bits per heavy atom. The fourth-order valence-electron chi connectivity index (χ4n) is 10.7. The topological polar surface area (TPSA) is 6.48 Å². The highest BCUT2D eigenvalue weighted by atomic mass is 32.2. The fourth-order valence-corrected chi connectivity index (χ4v) is 11.9. The van der Waals surface area contributed by atoms with Gasteiger partial charge in [0.1, 0.15) is 5.82 Å². The summed E-state index contributed by atoms with van der Waals surface area (Å²) in [5.74, 6) is -0.945. The smallest absolute Gasteiger partial charge is 0.312 e. The van der Waals surface area contributed by atoms with E-state index in [-0.39, 0.29) is 6.71 Å². The second-order valence-corrected chi connectivity index (χ2v) is 17.9. The van der Waals surface area contributed by atoms with E-state index in [9.17, 15) is 0 Å². The molecule has 0 saturated carbocycles. The van der Waals surface area contributed by atoms with Gasteiger partial charge in [0.25, 0.3) is 6.71 Å². The molecule has 0 unspecified atom stereocenters. The van der Waals surface area contributed by atoms with Crippen LogP contribution in [-0.4, -0.2) is 13.4 Å². The molecule has 4 aliphatic heterocycles. The zero-order valence-corrected chi connectivity index (χ0v) is 34.8. The molecule has 2 nitrogen and oxygen atoms in total. The lowest BCUT2D eigenvalue weighted by Gasteiger charge is -2.49. The first-order chi connectivity index (χ1) is 31.3. The van der Waals surface area contributed by atoms with Crippen LogP contribution in [0.2, 0.25) is 0 Å². The second kappa shape index (κ2) is 13.9. The average Bonchev–Trinajstić information content (AvgIpc) is 3.33. The van der Waals surface area contributed by atoms with Crippen molar-refractivity contribution in [2.75, 3.05) is 9.80 Å². The van der Waals surface area contributed by atoms with Crippen LogP contribution >= 0.6 is 11.8 Å². The van der Waals surface area contributed by atoms with Gasteiger partial charge in [-0.3, -0.25) is 0 Å². The molecule has 302 valence electrons. The van der Waals surface area contributed by atoms with Crippen LogP contribution in [0.4, 0.5) is 51.7 Å². The molecule has 13 rings (SSSR count). The Hall–Kier alpha value is -7.22. The first-order valence-electron chi connectivity index (χ1n) is 21.3. The maximum atomic E-state index is 16.8. The third-order valence-corrected chi connectivity index (χ3v) is 14.5. The zero-order chi connectivity index (χ0) is 42.8. The molecule has 4 heterocycles. The Morgan fingerprint density at radius 2 is 0.844 bits per heavy atom. The van der Waals surface area contributed by atoms with Gasteiger partial charge >= 0.3 is 6.18 Å². The van der Waals surface area contributed by atoms with Crippen LogP contribution in [-0.2, 0) is 6.18 Å². The van der Waals surface area contributed by atoms with E-state index in [1.807, 2.05) is 78.9 Å². The number of fused-ring (bicyclic) bond motifs is 10. The highest BCUT2D eigenvalue weighted by molar-refractivity contribution is 8.00. The normalized spacial score (nSPS) is 13.8. The lowest BCUT2D eigenvalue weighted by Crippen LogP contribution is -2.68. The Morgan fingerprint density at radius 3 is 1.36 bits per heavy atom. The van der Waals surface area contributed by atoms with E-state index in [4.69, 9.17) is 0 Å². The summed E-state index contributed by atoms with van der Waals surface area (Å²) in [4.78, 5) is 5.93. The van der Waals surface area contributed by atoms with Gasteiger partial charge in [-0.2, -0.15) is 13.2 Å². The third-order valence-electron chi connectivity index (χ3n) is 13.4. The van der Waals surface area contributed by atoms with Crippen molar-refractivity contribution in [2.24, 2.45) is 0 Å². The SMILES string of the molecule is Fc1cccc(C(F)(F)F)c1N1c2ccc(-c3ccccc3)cc2B2c3cc(-c4ccccc4)ccc3N3c4ccc(-c5ccccc5)cc4B4c5ccccc5Sc5cc1c2c3c54. The van der Waals surface area contributed by atoms with Gasteiger partial charge in [-0.1, -0.05) is 169 Å². The molecule has 0 saturated heterocycles. The fraction of sp³-hybridized carbons (Fsp3) is 0.0182. The summed E-state index contributed by atoms with van der Waals surface area (Å²) in [7, 11) is 0. The number of benzene rings is 9. The number of halogens is 4. The zero-order valence-electron chi connectivity index (χ0n) is 33.9. The summed E-state index contributed by atoms with van der Waals surface area (Å²) in [6.07, 6.45) is -4.84. The Labute approximate surface area is 372 Å². The van der Waals surface area contributed by atoms with Crippen LogP contribution in [0.15, 0.2) is 204 Å². The van der Waals surface area contributed by atoms with Crippen molar-refractivity contribution >= 4 is 92.1 Å². The Kier molecular flexibility index (Phi) is 8.10. The van der Waals surface area contributed by atoms with Crippen molar-refractivity contribution in [2.45, 2.75) is 16.0 Å². The number of para-hydroxylation sites is 1. The molecule has 0 amide bonds. The largest absolute Gasteiger partial charge is 0.418 e.